The van der Waals surface area contributed by atoms with E-state index in [0.29, 0.717) is 18.2 Å². The molecule has 5 nitrogen and oxygen atoms in total. The summed E-state index contributed by atoms with van der Waals surface area (Å²) in [6.07, 6.45) is 3.98. The zero-order chi connectivity index (χ0) is 13.2. The molecule has 1 amide bonds. The average Bonchev–Trinajstić information content (AvgIpc) is 2.73. The highest BCUT2D eigenvalue weighted by Gasteiger charge is 2.32. The van der Waals surface area contributed by atoms with Crippen molar-refractivity contribution in [3.05, 3.63) is 17.5 Å². The number of amides is 1. The number of H-pyrrole nitrogens is 1. The van der Waals surface area contributed by atoms with Crippen LogP contribution in [0.25, 0.3) is 0 Å². The van der Waals surface area contributed by atoms with E-state index in [9.17, 15) is 4.79 Å². The highest BCUT2D eigenvalue weighted by Crippen LogP contribution is 2.29. The van der Waals surface area contributed by atoms with Crippen molar-refractivity contribution in [2.45, 2.75) is 39.7 Å². The third-order valence-electron chi connectivity index (χ3n) is 3.87. The molecule has 0 spiro atoms. The molecule has 1 fully saturated rings. The van der Waals surface area contributed by atoms with Gasteiger partial charge in [0.25, 0.3) is 5.91 Å². The van der Waals surface area contributed by atoms with Crippen LogP contribution in [0.4, 0.5) is 0 Å². The number of nitrogens with one attached hydrogen (secondary N) is 3. The van der Waals surface area contributed by atoms with Crippen molar-refractivity contribution in [3.8, 4) is 0 Å². The first-order valence-electron chi connectivity index (χ1n) is 6.52. The molecule has 1 aliphatic rings. The Morgan fingerprint density at radius 1 is 1.58 bits per heavy atom. The lowest BCUT2D eigenvalue weighted by Crippen LogP contribution is -2.52. The van der Waals surface area contributed by atoms with Crippen LogP contribution in [0.5, 0.6) is 0 Å². The maximum atomic E-state index is 12.0. The zero-order valence-corrected chi connectivity index (χ0v) is 12.6. The van der Waals surface area contributed by atoms with Crippen molar-refractivity contribution in [1.82, 2.24) is 20.8 Å². The first-order valence-corrected chi connectivity index (χ1v) is 6.52. The van der Waals surface area contributed by atoms with E-state index >= 15 is 0 Å². The predicted octanol–water partition coefficient (Wildman–Crippen LogP) is 1.65. The number of carbonyl (C=O) groups excluding carboxylic acids is 1. The normalized spacial score (nSPS) is 21.5. The largest absolute Gasteiger partial charge is 0.350 e. The molecule has 2 rings (SSSR count). The van der Waals surface area contributed by atoms with Gasteiger partial charge < -0.3 is 10.6 Å². The van der Waals surface area contributed by atoms with E-state index in [0.717, 1.165) is 12.2 Å². The number of hydrogen-bond acceptors (Lipinski definition) is 3. The molecule has 108 valence electrons. The molecule has 1 aliphatic heterocycles. The van der Waals surface area contributed by atoms with E-state index in [1.54, 1.807) is 6.20 Å². The Labute approximate surface area is 120 Å². The Hall–Kier alpha value is -1.07. The molecular weight excluding hydrogens is 264 g/mol. The predicted molar refractivity (Wildman–Crippen MR) is 77.7 cm³/mol. The van der Waals surface area contributed by atoms with E-state index in [2.05, 4.69) is 34.7 Å². The molecule has 1 aromatic heterocycles. The van der Waals surface area contributed by atoms with Gasteiger partial charge in [-0.2, -0.15) is 5.10 Å². The number of aromatic amines is 1. The lowest BCUT2D eigenvalue weighted by molar-refractivity contribution is 0.0928. The van der Waals surface area contributed by atoms with Crippen LogP contribution < -0.4 is 10.6 Å². The molecular formula is C13H23ClN4O. The maximum Gasteiger partial charge on any atom is 0.254 e. The molecule has 1 aromatic rings. The number of aryl methyl sites for hydroxylation is 1. The highest BCUT2D eigenvalue weighted by molar-refractivity contribution is 5.94. The summed E-state index contributed by atoms with van der Waals surface area (Å²) in [5.74, 6) is -0.0515. The third-order valence-corrected chi connectivity index (χ3v) is 3.87. The first kappa shape index (κ1) is 16.0. The van der Waals surface area contributed by atoms with Crippen LogP contribution in [0, 0.1) is 12.3 Å². The van der Waals surface area contributed by atoms with Gasteiger partial charge in [0.15, 0.2) is 0 Å². The standard InChI is InChI=1S/C13H22N4O.ClH/c1-9-10(7-16-17-9)12(18)15-8-11-13(2,3)5-4-6-14-11;/h7,11,14H,4-6,8H2,1-3H3,(H,15,18)(H,16,17);1H. The second-order valence-corrected chi connectivity index (χ2v) is 5.72. The van der Waals surface area contributed by atoms with Crippen LogP contribution in [-0.2, 0) is 0 Å². The van der Waals surface area contributed by atoms with Crippen molar-refractivity contribution < 1.29 is 4.79 Å². The molecule has 0 aromatic carbocycles. The van der Waals surface area contributed by atoms with Gasteiger partial charge in [-0.1, -0.05) is 13.8 Å². The number of carbonyl (C=O) groups is 1. The van der Waals surface area contributed by atoms with Crippen LogP contribution in [0.2, 0.25) is 0 Å². The number of hydrogen-bond donors (Lipinski definition) is 3. The molecule has 1 atom stereocenters. The summed E-state index contributed by atoms with van der Waals surface area (Å²) in [4.78, 5) is 12.0. The monoisotopic (exact) mass is 286 g/mol. The van der Waals surface area contributed by atoms with Crippen molar-refractivity contribution in [2.75, 3.05) is 13.1 Å². The minimum Gasteiger partial charge on any atom is -0.350 e. The fraction of sp³-hybridized carbons (Fsp3) is 0.692. The molecule has 1 unspecified atom stereocenters. The minimum atomic E-state index is -0.0515. The van der Waals surface area contributed by atoms with Crippen molar-refractivity contribution in [1.29, 1.82) is 0 Å². The average molecular weight is 287 g/mol. The van der Waals surface area contributed by atoms with Crippen LogP contribution in [0.1, 0.15) is 42.7 Å². The van der Waals surface area contributed by atoms with Gasteiger partial charge >= 0.3 is 0 Å². The SMILES string of the molecule is Cc1[nH]ncc1C(=O)NCC1NCCCC1(C)C.Cl. The Morgan fingerprint density at radius 3 is 2.89 bits per heavy atom. The second-order valence-electron chi connectivity index (χ2n) is 5.72. The highest BCUT2D eigenvalue weighted by atomic mass is 35.5. The third kappa shape index (κ3) is 3.70. The molecule has 3 N–H and O–H groups in total. The van der Waals surface area contributed by atoms with Gasteiger partial charge in [-0.25, -0.2) is 0 Å². The van der Waals surface area contributed by atoms with Crippen LogP contribution in [-0.4, -0.2) is 35.2 Å². The summed E-state index contributed by atoms with van der Waals surface area (Å²) in [5.41, 5.74) is 1.67. The van der Waals surface area contributed by atoms with E-state index in [1.165, 1.54) is 12.8 Å². The van der Waals surface area contributed by atoms with Gasteiger partial charge in [0, 0.05) is 18.3 Å². The van der Waals surface area contributed by atoms with Gasteiger partial charge in [-0.05, 0) is 31.7 Å². The van der Waals surface area contributed by atoms with Crippen molar-refractivity contribution in [2.24, 2.45) is 5.41 Å². The van der Waals surface area contributed by atoms with Gasteiger partial charge in [0.1, 0.15) is 0 Å². The lowest BCUT2D eigenvalue weighted by atomic mass is 9.77. The lowest BCUT2D eigenvalue weighted by Gasteiger charge is -2.39. The van der Waals surface area contributed by atoms with Gasteiger partial charge in [-0.3, -0.25) is 9.89 Å². The number of aromatic nitrogens is 2. The zero-order valence-electron chi connectivity index (χ0n) is 11.7. The topological polar surface area (TPSA) is 69.8 Å². The summed E-state index contributed by atoms with van der Waals surface area (Å²) in [6.45, 7) is 8.05. The van der Waals surface area contributed by atoms with Crippen molar-refractivity contribution >= 4 is 18.3 Å². The van der Waals surface area contributed by atoms with E-state index in [-0.39, 0.29) is 23.7 Å². The quantitative estimate of drug-likeness (QED) is 0.791. The number of nitrogens with zero attached hydrogens (tertiary/aromatic N) is 1. The minimum absolute atomic E-state index is 0. The Balaban J connectivity index is 0.00000180. The Kier molecular flexibility index (Phi) is 5.38. The molecule has 0 radical (unpaired) electrons. The van der Waals surface area contributed by atoms with Gasteiger partial charge in [0.05, 0.1) is 11.8 Å². The van der Waals surface area contributed by atoms with Crippen molar-refractivity contribution in [3.63, 3.8) is 0 Å². The van der Waals surface area contributed by atoms with Crippen LogP contribution in [0.3, 0.4) is 0 Å². The van der Waals surface area contributed by atoms with E-state index < -0.39 is 0 Å². The maximum absolute atomic E-state index is 12.0. The van der Waals surface area contributed by atoms with Gasteiger partial charge in [0.2, 0.25) is 0 Å². The fourth-order valence-corrected chi connectivity index (χ4v) is 2.49. The van der Waals surface area contributed by atoms with Crippen LogP contribution in [0.15, 0.2) is 6.20 Å². The molecule has 0 aliphatic carbocycles. The molecule has 19 heavy (non-hydrogen) atoms. The number of piperidine rings is 1. The summed E-state index contributed by atoms with van der Waals surface area (Å²) in [7, 11) is 0. The molecule has 6 heteroatoms. The Bertz CT molecular complexity index is 430. The fourth-order valence-electron chi connectivity index (χ4n) is 2.49. The van der Waals surface area contributed by atoms with E-state index in [4.69, 9.17) is 0 Å². The second kappa shape index (κ2) is 6.39. The van der Waals surface area contributed by atoms with Gasteiger partial charge in [-0.15, -0.1) is 12.4 Å². The summed E-state index contributed by atoms with van der Waals surface area (Å²) >= 11 is 0. The summed E-state index contributed by atoms with van der Waals surface area (Å²) in [6, 6.07) is 0.336. The first-order chi connectivity index (χ1) is 8.50. The smallest absolute Gasteiger partial charge is 0.254 e. The number of rotatable bonds is 3. The van der Waals surface area contributed by atoms with Crippen LogP contribution >= 0.6 is 12.4 Å². The molecule has 1 saturated heterocycles. The van der Waals surface area contributed by atoms with E-state index in [1.807, 2.05) is 6.92 Å². The summed E-state index contributed by atoms with van der Waals surface area (Å²) in [5, 5.41) is 13.1. The Morgan fingerprint density at radius 2 is 2.32 bits per heavy atom. The summed E-state index contributed by atoms with van der Waals surface area (Å²) < 4.78 is 0. The molecule has 0 saturated carbocycles. The molecule has 2 heterocycles. The number of halogens is 1. The molecule has 0 bridgehead atoms.